The first-order valence-corrected chi connectivity index (χ1v) is 10.7. The van der Waals surface area contributed by atoms with Crippen molar-refractivity contribution in [2.45, 2.75) is 57.0 Å². The fraction of sp³-hybridized carbons (Fsp3) is 1.00. The van der Waals surface area contributed by atoms with Crippen LogP contribution in [0.3, 0.4) is 0 Å². The average molecular weight is 335 g/mol. The van der Waals surface area contributed by atoms with Crippen LogP contribution in [0, 0.1) is 11.8 Å². The van der Waals surface area contributed by atoms with Gasteiger partial charge in [0.25, 0.3) is 0 Å². The van der Waals surface area contributed by atoms with E-state index in [1.54, 1.807) is 0 Å². The maximum absolute atomic E-state index is 3.97. The van der Waals surface area contributed by atoms with Gasteiger partial charge in [0.15, 0.2) is 0 Å². The normalized spacial score (nSPS) is 38.9. The first kappa shape index (κ1) is 17.3. The Bertz CT molecular complexity index is 384. The van der Waals surface area contributed by atoms with Crippen molar-refractivity contribution in [3.63, 3.8) is 0 Å². The van der Waals surface area contributed by atoms with Crippen molar-refractivity contribution >= 4 is 0 Å². The largest absolute Gasteiger partial charge is 0.313 e. The first-order valence-electron chi connectivity index (χ1n) is 10.7. The number of piperazine rings is 1. The SMILES string of the molecule is CN1CCN(CCCC[C@H]2NC[C@@H]3CCCN4CCC[C@H]2[C@H]34)CC1. The predicted octanol–water partition coefficient (Wildman–Crippen LogP) is 1.87. The highest BCUT2D eigenvalue weighted by atomic mass is 15.2. The maximum atomic E-state index is 3.97. The minimum atomic E-state index is 0.805. The fourth-order valence-corrected chi connectivity index (χ4v) is 5.96. The summed E-state index contributed by atoms with van der Waals surface area (Å²) < 4.78 is 0. The van der Waals surface area contributed by atoms with Gasteiger partial charge >= 0.3 is 0 Å². The topological polar surface area (TPSA) is 21.8 Å². The molecule has 4 aliphatic heterocycles. The van der Waals surface area contributed by atoms with Gasteiger partial charge in [0.1, 0.15) is 0 Å². The lowest BCUT2D eigenvalue weighted by Gasteiger charge is -2.54. The van der Waals surface area contributed by atoms with Crippen LogP contribution in [-0.4, -0.2) is 86.2 Å². The second-order valence-electron chi connectivity index (χ2n) is 8.89. The lowest BCUT2D eigenvalue weighted by atomic mass is 9.70. The number of nitrogens with zero attached hydrogens (tertiary/aromatic N) is 3. The Kier molecular flexibility index (Phi) is 5.77. The minimum absolute atomic E-state index is 0.805. The van der Waals surface area contributed by atoms with Gasteiger partial charge in [0.05, 0.1) is 0 Å². The van der Waals surface area contributed by atoms with Crippen LogP contribution in [0.5, 0.6) is 0 Å². The second kappa shape index (κ2) is 8.03. The molecule has 0 aromatic carbocycles. The fourth-order valence-electron chi connectivity index (χ4n) is 5.96. The number of hydrogen-bond donors (Lipinski definition) is 1. The van der Waals surface area contributed by atoms with Gasteiger partial charge in [0, 0.05) is 38.3 Å². The van der Waals surface area contributed by atoms with Gasteiger partial charge < -0.3 is 15.1 Å². The number of likely N-dealkylation sites (N-methyl/N-ethyl adjacent to an activating group) is 1. The molecule has 1 N–H and O–H groups in total. The van der Waals surface area contributed by atoms with E-state index in [0.717, 1.165) is 23.9 Å². The molecule has 0 bridgehead atoms. The summed E-state index contributed by atoms with van der Waals surface area (Å²) in [6.45, 7) is 10.4. The molecule has 0 saturated carbocycles. The standard InChI is InChI=1S/C20H38N4/c1-22-12-14-23(15-13-22)9-3-2-8-19-18-7-5-11-24-10-4-6-17(16-21-19)20(18)24/h17-21H,2-16H2,1H3/t17-,18+,19+,20-/m0/s1. The average Bonchev–Trinajstić information content (AvgIpc) is 2.62. The molecule has 138 valence electrons. The maximum Gasteiger partial charge on any atom is 0.0179 e. The number of nitrogens with one attached hydrogen (secondary N) is 1. The van der Waals surface area contributed by atoms with E-state index < -0.39 is 0 Å². The van der Waals surface area contributed by atoms with Crippen LogP contribution in [-0.2, 0) is 0 Å². The van der Waals surface area contributed by atoms with Gasteiger partial charge in [-0.25, -0.2) is 0 Å². The van der Waals surface area contributed by atoms with Gasteiger partial charge in [-0.1, -0.05) is 6.42 Å². The summed E-state index contributed by atoms with van der Waals surface area (Å²) in [5, 5.41) is 3.97. The molecule has 4 heteroatoms. The molecule has 0 aromatic rings. The van der Waals surface area contributed by atoms with E-state index in [-0.39, 0.29) is 0 Å². The van der Waals surface area contributed by atoms with Gasteiger partial charge in [-0.05, 0) is 83.6 Å². The van der Waals surface area contributed by atoms with Crippen molar-refractivity contribution in [3.8, 4) is 0 Å². The second-order valence-corrected chi connectivity index (χ2v) is 8.89. The van der Waals surface area contributed by atoms with Crippen molar-refractivity contribution < 1.29 is 0 Å². The number of hydrogen-bond acceptors (Lipinski definition) is 4. The van der Waals surface area contributed by atoms with E-state index >= 15 is 0 Å². The monoisotopic (exact) mass is 334 g/mol. The molecule has 24 heavy (non-hydrogen) atoms. The van der Waals surface area contributed by atoms with Gasteiger partial charge in [-0.15, -0.1) is 0 Å². The van der Waals surface area contributed by atoms with E-state index in [9.17, 15) is 0 Å². The Morgan fingerprint density at radius 3 is 2.54 bits per heavy atom. The number of piperidine rings is 3. The molecule has 4 atom stereocenters. The molecule has 4 aliphatic rings. The zero-order valence-corrected chi connectivity index (χ0v) is 15.8. The highest BCUT2D eigenvalue weighted by molar-refractivity contribution is 5.01. The molecular formula is C20H38N4. The third-order valence-corrected chi connectivity index (χ3v) is 7.34. The minimum Gasteiger partial charge on any atom is -0.313 e. The third-order valence-electron chi connectivity index (χ3n) is 7.34. The Balaban J connectivity index is 1.22. The van der Waals surface area contributed by atoms with Crippen molar-refractivity contribution in [1.82, 2.24) is 20.0 Å². The highest BCUT2D eigenvalue weighted by Crippen LogP contribution is 2.39. The predicted molar refractivity (Wildman–Crippen MR) is 100 cm³/mol. The summed E-state index contributed by atoms with van der Waals surface area (Å²) in [5.74, 6) is 1.90. The summed E-state index contributed by atoms with van der Waals surface area (Å²) in [7, 11) is 2.25. The molecule has 0 aliphatic carbocycles. The van der Waals surface area contributed by atoms with Gasteiger partial charge in [0.2, 0.25) is 0 Å². The van der Waals surface area contributed by atoms with Crippen molar-refractivity contribution in [2.24, 2.45) is 11.8 Å². The zero-order chi connectivity index (χ0) is 16.4. The summed E-state index contributed by atoms with van der Waals surface area (Å²) in [4.78, 5) is 7.99. The smallest absolute Gasteiger partial charge is 0.0179 e. The van der Waals surface area contributed by atoms with E-state index in [0.29, 0.717) is 0 Å². The van der Waals surface area contributed by atoms with Crippen LogP contribution in [0.1, 0.15) is 44.9 Å². The highest BCUT2D eigenvalue weighted by Gasteiger charge is 2.45. The Morgan fingerprint density at radius 2 is 1.71 bits per heavy atom. The zero-order valence-electron chi connectivity index (χ0n) is 15.8. The lowest BCUT2D eigenvalue weighted by Crippen LogP contribution is -2.63. The molecule has 4 heterocycles. The molecule has 0 aromatic heterocycles. The third kappa shape index (κ3) is 3.82. The van der Waals surface area contributed by atoms with Crippen molar-refractivity contribution in [1.29, 1.82) is 0 Å². The van der Waals surface area contributed by atoms with Crippen LogP contribution in [0.2, 0.25) is 0 Å². The summed E-state index contributed by atoms with van der Waals surface area (Å²) in [6, 6.07) is 1.73. The Hall–Kier alpha value is -0.160. The quantitative estimate of drug-likeness (QED) is 0.775. The van der Waals surface area contributed by atoms with Crippen molar-refractivity contribution in [3.05, 3.63) is 0 Å². The lowest BCUT2D eigenvalue weighted by molar-refractivity contribution is -0.0244. The molecule has 0 radical (unpaired) electrons. The molecule has 4 nitrogen and oxygen atoms in total. The van der Waals surface area contributed by atoms with E-state index in [1.807, 2.05) is 0 Å². The van der Waals surface area contributed by atoms with Crippen LogP contribution in [0.4, 0.5) is 0 Å². The van der Waals surface area contributed by atoms with Crippen LogP contribution in [0.15, 0.2) is 0 Å². The molecule has 0 spiro atoms. The number of unbranched alkanes of at least 4 members (excludes halogenated alkanes) is 1. The Labute approximate surface area is 148 Å². The molecule has 4 fully saturated rings. The molecular weight excluding hydrogens is 296 g/mol. The summed E-state index contributed by atoms with van der Waals surface area (Å²) in [6.07, 6.45) is 10.0. The van der Waals surface area contributed by atoms with E-state index in [1.165, 1.54) is 97.3 Å². The van der Waals surface area contributed by atoms with Crippen LogP contribution >= 0.6 is 0 Å². The van der Waals surface area contributed by atoms with E-state index in [2.05, 4.69) is 27.1 Å². The van der Waals surface area contributed by atoms with E-state index in [4.69, 9.17) is 0 Å². The van der Waals surface area contributed by atoms with Crippen LogP contribution in [0.25, 0.3) is 0 Å². The summed E-state index contributed by atoms with van der Waals surface area (Å²) >= 11 is 0. The van der Waals surface area contributed by atoms with Crippen LogP contribution < -0.4 is 5.32 Å². The molecule has 0 amide bonds. The first-order chi connectivity index (χ1) is 11.8. The van der Waals surface area contributed by atoms with Crippen molar-refractivity contribution in [2.75, 3.05) is 59.4 Å². The molecule has 0 unspecified atom stereocenters. The number of rotatable bonds is 5. The van der Waals surface area contributed by atoms with Gasteiger partial charge in [-0.2, -0.15) is 0 Å². The Morgan fingerprint density at radius 1 is 0.917 bits per heavy atom. The molecule has 4 rings (SSSR count). The van der Waals surface area contributed by atoms with Gasteiger partial charge in [-0.3, -0.25) is 4.90 Å². The molecule has 4 saturated heterocycles. The summed E-state index contributed by atoms with van der Waals surface area (Å²) in [5.41, 5.74) is 0.